The summed E-state index contributed by atoms with van der Waals surface area (Å²) in [5, 5.41) is -0.803. The van der Waals surface area contributed by atoms with Gasteiger partial charge >= 0.3 is 0 Å². The van der Waals surface area contributed by atoms with E-state index >= 15 is 0 Å². The minimum absolute atomic E-state index is 0.0205. The van der Waals surface area contributed by atoms with Crippen molar-refractivity contribution in [2.24, 2.45) is 0 Å². The monoisotopic (exact) mass is 366 g/mol. The number of halogens is 8. The Morgan fingerprint density at radius 3 is 1.40 bits per heavy atom. The van der Waals surface area contributed by atoms with Crippen LogP contribution in [0.25, 0.3) is 0 Å². The molecule has 1 aliphatic carbocycles. The lowest BCUT2D eigenvalue weighted by atomic mass is 10.1. The SMILES string of the molecule is ClC1=C(Cl)C(Cl)(C(Cl)C(Cl)Cl)C(Cl)=C1Cl. The Balaban J connectivity index is 3.27. The van der Waals surface area contributed by atoms with Gasteiger partial charge in [0.1, 0.15) is 9.71 Å². The Morgan fingerprint density at radius 1 is 0.800 bits per heavy atom. The zero-order valence-electron chi connectivity index (χ0n) is 6.68. The standard InChI is InChI=1S/C7H2Cl8/c8-1-2(9)4(11)7(15,3(1)10)5(12)6(13)14/h5-6H. The first kappa shape index (κ1) is 14.9. The van der Waals surface area contributed by atoms with Crippen LogP contribution in [0.1, 0.15) is 0 Å². The molecular weight excluding hydrogens is 368 g/mol. The zero-order chi connectivity index (χ0) is 12.0. The molecule has 0 fully saturated rings. The topological polar surface area (TPSA) is 0 Å². The quantitative estimate of drug-likeness (QED) is 0.542. The fourth-order valence-corrected chi connectivity index (χ4v) is 3.52. The highest BCUT2D eigenvalue weighted by Crippen LogP contribution is 2.55. The van der Waals surface area contributed by atoms with Crippen molar-refractivity contribution >= 4 is 92.8 Å². The molecule has 0 saturated heterocycles. The van der Waals surface area contributed by atoms with E-state index in [1.807, 2.05) is 0 Å². The van der Waals surface area contributed by atoms with Gasteiger partial charge in [0, 0.05) is 0 Å². The van der Waals surface area contributed by atoms with Crippen LogP contribution < -0.4 is 0 Å². The summed E-state index contributed by atoms with van der Waals surface area (Å²) in [7, 11) is 0. The predicted molar refractivity (Wildman–Crippen MR) is 71.2 cm³/mol. The van der Waals surface area contributed by atoms with Crippen molar-refractivity contribution in [3.05, 3.63) is 20.1 Å². The lowest BCUT2D eigenvalue weighted by Crippen LogP contribution is -2.37. The second-order valence-corrected chi connectivity index (χ2v) is 6.45. The van der Waals surface area contributed by atoms with E-state index < -0.39 is 15.1 Å². The first-order valence-electron chi connectivity index (χ1n) is 3.47. The zero-order valence-corrected chi connectivity index (χ0v) is 12.7. The molecule has 8 heteroatoms. The van der Waals surface area contributed by atoms with Gasteiger partial charge < -0.3 is 0 Å². The summed E-state index contributed by atoms with van der Waals surface area (Å²) >= 11 is 46.7. The van der Waals surface area contributed by atoms with Gasteiger partial charge in [0.05, 0.1) is 25.5 Å². The van der Waals surface area contributed by atoms with Gasteiger partial charge in [-0.2, -0.15) is 0 Å². The molecule has 0 aromatic rings. The second-order valence-electron chi connectivity index (χ2n) is 2.70. The highest BCUT2D eigenvalue weighted by molar-refractivity contribution is 6.61. The Labute approximate surface area is 127 Å². The van der Waals surface area contributed by atoms with Crippen molar-refractivity contribution in [3.63, 3.8) is 0 Å². The molecule has 1 atom stereocenters. The van der Waals surface area contributed by atoms with E-state index in [1.54, 1.807) is 0 Å². The van der Waals surface area contributed by atoms with Crippen LogP contribution in [0.3, 0.4) is 0 Å². The average Bonchev–Trinajstić information content (AvgIpc) is 2.34. The van der Waals surface area contributed by atoms with Gasteiger partial charge in [0.2, 0.25) is 0 Å². The Hall–Kier alpha value is 1.80. The fraction of sp³-hybridized carbons (Fsp3) is 0.429. The second kappa shape index (κ2) is 5.20. The summed E-state index contributed by atoms with van der Waals surface area (Å²) < 4.78 is 0. The van der Waals surface area contributed by atoms with Gasteiger partial charge in [-0.25, -0.2) is 0 Å². The molecule has 0 bridgehead atoms. The summed E-state index contributed by atoms with van der Waals surface area (Å²) in [4.78, 5) is -2.44. The Morgan fingerprint density at radius 2 is 1.13 bits per heavy atom. The third-order valence-corrected chi connectivity index (χ3v) is 6.10. The predicted octanol–water partition coefficient (Wildman–Crippen LogP) is 5.77. The molecule has 0 spiro atoms. The van der Waals surface area contributed by atoms with Gasteiger partial charge in [0.15, 0.2) is 0 Å². The molecule has 0 radical (unpaired) electrons. The molecule has 86 valence electrons. The molecule has 1 aliphatic rings. The number of hydrogen-bond donors (Lipinski definition) is 0. The normalized spacial score (nSPS) is 23.0. The number of hydrogen-bond acceptors (Lipinski definition) is 0. The number of alkyl halides is 4. The van der Waals surface area contributed by atoms with Crippen LogP contribution in [-0.4, -0.2) is 15.1 Å². The number of allylic oxidation sites excluding steroid dienone is 4. The van der Waals surface area contributed by atoms with Crippen LogP contribution in [-0.2, 0) is 0 Å². The molecule has 0 nitrogen and oxygen atoms in total. The Kier molecular flexibility index (Phi) is 5.15. The van der Waals surface area contributed by atoms with Crippen molar-refractivity contribution in [2.45, 2.75) is 15.1 Å². The molecule has 0 aromatic heterocycles. The summed E-state index contributed by atoms with van der Waals surface area (Å²) in [5.74, 6) is 0. The molecule has 1 rings (SSSR count). The van der Waals surface area contributed by atoms with Crippen LogP contribution in [0, 0.1) is 0 Å². The minimum atomic E-state index is -1.47. The van der Waals surface area contributed by atoms with E-state index in [1.165, 1.54) is 0 Å². The van der Waals surface area contributed by atoms with E-state index in [4.69, 9.17) is 92.8 Å². The lowest BCUT2D eigenvalue weighted by Gasteiger charge is -2.28. The van der Waals surface area contributed by atoms with E-state index in [0.717, 1.165) is 0 Å². The van der Waals surface area contributed by atoms with Gasteiger partial charge in [-0.05, 0) is 0 Å². The molecular formula is C7H2Cl8. The Bertz CT molecular complexity index is 317. The molecule has 0 aliphatic heterocycles. The van der Waals surface area contributed by atoms with Crippen molar-refractivity contribution < 1.29 is 0 Å². The molecule has 0 N–H and O–H groups in total. The van der Waals surface area contributed by atoms with Crippen molar-refractivity contribution in [1.29, 1.82) is 0 Å². The third kappa shape index (κ3) is 2.35. The molecule has 15 heavy (non-hydrogen) atoms. The highest BCUT2D eigenvalue weighted by Gasteiger charge is 2.51. The van der Waals surface area contributed by atoms with E-state index in [-0.39, 0.29) is 20.1 Å². The van der Waals surface area contributed by atoms with Gasteiger partial charge in [-0.15, -0.1) is 46.4 Å². The lowest BCUT2D eigenvalue weighted by molar-refractivity contribution is 0.788. The number of rotatable bonds is 2. The molecule has 1 unspecified atom stereocenters. The average molecular weight is 370 g/mol. The summed E-state index contributed by atoms with van der Waals surface area (Å²) in [6.45, 7) is 0. The summed E-state index contributed by atoms with van der Waals surface area (Å²) in [5.41, 5.74) is 0. The molecule has 0 aromatic carbocycles. The highest BCUT2D eigenvalue weighted by atomic mass is 35.5. The fourth-order valence-electron chi connectivity index (χ4n) is 1.02. The van der Waals surface area contributed by atoms with Crippen LogP contribution >= 0.6 is 92.8 Å². The molecule has 0 saturated carbocycles. The maximum Gasteiger partial charge on any atom is 0.137 e. The largest absolute Gasteiger partial charge is 0.137 e. The molecule has 0 amide bonds. The van der Waals surface area contributed by atoms with Crippen LogP contribution in [0.2, 0.25) is 0 Å². The van der Waals surface area contributed by atoms with Crippen molar-refractivity contribution in [1.82, 2.24) is 0 Å². The van der Waals surface area contributed by atoms with Crippen LogP contribution in [0.4, 0.5) is 0 Å². The summed E-state index contributed by atoms with van der Waals surface area (Å²) in [6, 6.07) is 0. The summed E-state index contributed by atoms with van der Waals surface area (Å²) in [6.07, 6.45) is 0. The van der Waals surface area contributed by atoms with Crippen LogP contribution in [0.5, 0.6) is 0 Å². The third-order valence-electron chi connectivity index (χ3n) is 1.82. The smallest absolute Gasteiger partial charge is 0.117 e. The first-order valence-corrected chi connectivity index (χ1v) is 6.67. The van der Waals surface area contributed by atoms with Crippen LogP contribution in [0.15, 0.2) is 20.1 Å². The van der Waals surface area contributed by atoms with Crippen molar-refractivity contribution in [3.8, 4) is 0 Å². The van der Waals surface area contributed by atoms with E-state index in [0.29, 0.717) is 0 Å². The first-order chi connectivity index (χ1) is 6.74. The minimum Gasteiger partial charge on any atom is -0.117 e. The van der Waals surface area contributed by atoms with Crippen molar-refractivity contribution in [2.75, 3.05) is 0 Å². The van der Waals surface area contributed by atoms with Gasteiger partial charge in [-0.3, -0.25) is 0 Å². The maximum absolute atomic E-state index is 6.16. The van der Waals surface area contributed by atoms with E-state index in [9.17, 15) is 0 Å². The van der Waals surface area contributed by atoms with Gasteiger partial charge in [0.25, 0.3) is 0 Å². The van der Waals surface area contributed by atoms with E-state index in [2.05, 4.69) is 0 Å². The molecule has 0 heterocycles. The van der Waals surface area contributed by atoms with Gasteiger partial charge in [-0.1, -0.05) is 46.4 Å². The maximum atomic E-state index is 6.16.